The number of fused-ring (bicyclic) bond motifs is 1. The second-order valence-electron chi connectivity index (χ2n) is 3.33. The van der Waals surface area contributed by atoms with Gasteiger partial charge in [0.15, 0.2) is 0 Å². The van der Waals surface area contributed by atoms with Crippen LogP contribution < -0.4 is 11.1 Å². The maximum Gasteiger partial charge on any atom is 0.231 e. The SMILES string of the molecule is NC(=O)CNCc1csc2ccccc12. The van der Waals surface area contributed by atoms with E-state index >= 15 is 0 Å². The minimum absolute atomic E-state index is 0.226. The predicted octanol–water partition coefficient (Wildman–Crippen LogP) is 1.48. The van der Waals surface area contributed by atoms with E-state index in [-0.39, 0.29) is 12.5 Å². The first-order chi connectivity index (χ1) is 7.27. The van der Waals surface area contributed by atoms with E-state index < -0.39 is 0 Å². The topological polar surface area (TPSA) is 55.1 Å². The molecule has 0 aliphatic heterocycles. The summed E-state index contributed by atoms with van der Waals surface area (Å²) in [7, 11) is 0. The summed E-state index contributed by atoms with van der Waals surface area (Å²) < 4.78 is 1.27. The van der Waals surface area contributed by atoms with Gasteiger partial charge in [-0.15, -0.1) is 11.3 Å². The number of nitrogens with two attached hydrogens (primary N) is 1. The van der Waals surface area contributed by atoms with E-state index in [0.717, 1.165) is 0 Å². The molecule has 0 fully saturated rings. The Labute approximate surface area is 91.9 Å². The van der Waals surface area contributed by atoms with Gasteiger partial charge >= 0.3 is 0 Å². The molecule has 1 aromatic heterocycles. The zero-order valence-corrected chi connectivity index (χ0v) is 9.01. The number of carbonyl (C=O) groups excluding carboxylic acids is 1. The molecule has 0 unspecified atom stereocenters. The smallest absolute Gasteiger partial charge is 0.231 e. The number of nitrogens with one attached hydrogen (secondary N) is 1. The van der Waals surface area contributed by atoms with E-state index in [0.29, 0.717) is 6.54 Å². The van der Waals surface area contributed by atoms with Crippen LogP contribution in [0.4, 0.5) is 0 Å². The van der Waals surface area contributed by atoms with Crippen molar-refractivity contribution in [1.29, 1.82) is 0 Å². The molecule has 0 aliphatic rings. The summed E-state index contributed by atoms with van der Waals surface area (Å²) in [6.45, 7) is 0.914. The lowest BCUT2D eigenvalue weighted by molar-refractivity contribution is -0.117. The molecule has 15 heavy (non-hydrogen) atoms. The fourth-order valence-electron chi connectivity index (χ4n) is 1.49. The van der Waals surface area contributed by atoms with Crippen molar-refractivity contribution in [3.8, 4) is 0 Å². The van der Waals surface area contributed by atoms with Gasteiger partial charge in [0.1, 0.15) is 0 Å². The Morgan fingerprint density at radius 1 is 1.40 bits per heavy atom. The molecule has 3 nitrogen and oxygen atoms in total. The van der Waals surface area contributed by atoms with Crippen molar-refractivity contribution in [2.45, 2.75) is 6.54 Å². The van der Waals surface area contributed by atoms with Gasteiger partial charge in [0.05, 0.1) is 6.54 Å². The molecule has 0 radical (unpaired) electrons. The maximum atomic E-state index is 10.6. The van der Waals surface area contributed by atoms with E-state index in [9.17, 15) is 4.79 Å². The van der Waals surface area contributed by atoms with Crippen LogP contribution in [0.3, 0.4) is 0 Å². The molecule has 0 saturated heterocycles. The highest BCUT2D eigenvalue weighted by atomic mass is 32.1. The molecule has 2 rings (SSSR count). The Balaban J connectivity index is 2.11. The summed E-state index contributed by atoms with van der Waals surface area (Å²) in [4.78, 5) is 10.6. The zero-order chi connectivity index (χ0) is 10.7. The van der Waals surface area contributed by atoms with Crippen LogP contribution in [-0.4, -0.2) is 12.5 Å². The van der Waals surface area contributed by atoms with E-state index in [1.54, 1.807) is 11.3 Å². The summed E-state index contributed by atoms with van der Waals surface area (Å²) in [6, 6.07) is 8.23. The van der Waals surface area contributed by atoms with Crippen LogP contribution in [0.2, 0.25) is 0 Å². The van der Waals surface area contributed by atoms with E-state index in [1.807, 2.05) is 12.1 Å². The maximum absolute atomic E-state index is 10.6. The summed E-state index contributed by atoms with van der Waals surface area (Å²) in [5, 5.41) is 6.37. The highest BCUT2D eigenvalue weighted by Gasteiger charge is 2.02. The van der Waals surface area contributed by atoms with Crippen molar-refractivity contribution < 1.29 is 4.79 Å². The number of hydrogen-bond donors (Lipinski definition) is 2. The van der Waals surface area contributed by atoms with Crippen LogP contribution in [0.25, 0.3) is 10.1 Å². The van der Waals surface area contributed by atoms with Crippen LogP contribution in [0.5, 0.6) is 0 Å². The molecular weight excluding hydrogens is 208 g/mol. The number of benzene rings is 1. The molecule has 0 atom stereocenters. The third-order valence-corrected chi connectivity index (χ3v) is 3.19. The van der Waals surface area contributed by atoms with Gasteiger partial charge in [-0.1, -0.05) is 18.2 Å². The second kappa shape index (κ2) is 4.42. The third kappa shape index (κ3) is 2.34. The highest BCUT2D eigenvalue weighted by Crippen LogP contribution is 2.25. The number of thiophene rings is 1. The van der Waals surface area contributed by atoms with Crippen LogP contribution in [0.15, 0.2) is 29.6 Å². The summed E-state index contributed by atoms with van der Waals surface area (Å²) >= 11 is 1.72. The first-order valence-electron chi connectivity index (χ1n) is 4.71. The largest absolute Gasteiger partial charge is 0.369 e. The number of amides is 1. The Morgan fingerprint density at radius 2 is 2.20 bits per heavy atom. The Bertz CT molecular complexity index is 478. The van der Waals surface area contributed by atoms with Gasteiger partial charge in [-0.25, -0.2) is 0 Å². The van der Waals surface area contributed by atoms with Crippen molar-refractivity contribution in [1.82, 2.24) is 5.32 Å². The van der Waals surface area contributed by atoms with Crippen LogP contribution >= 0.6 is 11.3 Å². The molecule has 4 heteroatoms. The molecule has 0 saturated carbocycles. The van der Waals surface area contributed by atoms with Gasteiger partial charge in [-0.3, -0.25) is 4.79 Å². The normalized spacial score (nSPS) is 10.7. The predicted molar refractivity (Wildman–Crippen MR) is 62.7 cm³/mol. The van der Waals surface area contributed by atoms with E-state index in [4.69, 9.17) is 5.73 Å². The fraction of sp³-hybridized carbons (Fsp3) is 0.182. The van der Waals surface area contributed by atoms with Gasteiger partial charge in [0.25, 0.3) is 0 Å². The standard InChI is InChI=1S/C11H12N2OS/c12-11(14)6-13-5-8-7-15-10-4-2-1-3-9(8)10/h1-4,7,13H,5-6H2,(H2,12,14). The lowest BCUT2D eigenvalue weighted by atomic mass is 10.2. The molecule has 78 valence electrons. The fourth-order valence-corrected chi connectivity index (χ4v) is 2.45. The van der Waals surface area contributed by atoms with E-state index in [2.05, 4.69) is 22.8 Å². The minimum Gasteiger partial charge on any atom is -0.369 e. The van der Waals surface area contributed by atoms with Gasteiger partial charge in [-0.2, -0.15) is 0 Å². The highest BCUT2D eigenvalue weighted by molar-refractivity contribution is 7.17. The van der Waals surface area contributed by atoms with Crippen LogP contribution in [0.1, 0.15) is 5.56 Å². The van der Waals surface area contributed by atoms with Crippen molar-refractivity contribution >= 4 is 27.3 Å². The van der Waals surface area contributed by atoms with Gasteiger partial charge in [0, 0.05) is 11.2 Å². The van der Waals surface area contributed by atoms with Crippen molar-refractivity contribution in [3.05, 3.63) is 35.2 Å². The van der Waals surface area contributed by atoms with Gasteiger partial charge in [-0.05, 0) is 22.4 Å². The number of hydrogen-bond acceptors (Lipinski definition) is 3. The summed E-state index contributed by atoms with van der Waals surface area (Å²) in [5.41, 5.74) is 6.27. The molecule has 0 spiro atoms. The average Bonchev–Trinajstić information content (AvgIpc) is 2.62. The number of rotatable bonds is 4. The van der Waals surface area contributed by atoms with Gasteiger partial charge < -0.3 is 11.1 Å². The van der Waals surface area contributed by atoms with Crippen molar-refractivity contribution in [2.75, 3.05) is 6.54 Å². The van der Waals surface area contributed by atoms with E-state index in [1.165, 1.54) is 15.6 Å². The molecule has 2 aromatic rings. The molecule has 0 bridgehead atoms. The Hall–Kier alpha value is -1.39. The average molecular weight is 220 g/mol. The Morgan fingerprint density at radius 3 is 3.00 bits per heavy atom. The number of primary amides is 1. The molecule has 3 N–H and O–H groups in total. The molecule has 1 amide bonds. The monoisotopic (exact) mass is 220 g/mol. The van der Waals surface area contributed by atoms with Crippen LogP contribution in [0, 0.1) is 0 Å². The minimum atomic E-state index is -0.325. The third-order valence-electron chi connectivity index (χ3n) is 2.18. The second-order valence-corrected chi connectivity index (χ2v) is 4.24. The molecule has 1 aromatic carbocycles. The Kier molecular flexibility index (Phi) is 2.99. The van der Waals surface area contributed by atoms with Crippen molar-refractivity contribution in [3.63, 3.8) is 0 Å². The van der Waals surface area contributed by atoms with Crippen molar-refractivity contribution in [2.24, 2.45) is 5.73 Å². The molecule has 0 aliphatic carbocycles. The lowest BCUT2D eigenvalue weighted by Gasteiger charge is -2.00. The first kappa shape index (κ1) is 10.1. The quantitative estimate of drug-likeness (QED) is 0.820. The zero-order valence-electron chi connectivity index (χ0n) is 8.19. The first-order valence-corrected chi connectivity index (χ1v) is 5.59. The van der Waals surface area contributed by atoms with Gasteiger partial charge in [0.2, 0.25) is 5.91 Å². The number of carbonyl (C=O) groups is 1. The summed E-state index contributed by atoms with van der Waals surface area (Å²) in [6.07, 6.45) is 0. The lowest BCUT2D eigenvalue weighted by Crippen LogP contribution is -2.27. The summed E-state index contributed by atoms with van der Waals surface area (Å²) in [5.74, 6) is -0.325. The molecular formula is C11H12N2OS. The van der Waals surface area contributed by atoms with Crippen LogP contribution in [-0.2, 0) is 11.3 Å². The molecule has 1 heterocycles.